The first kappa shape index (κ1) is 22.3. The van der Waals surface area contributed by atoms with Gasteiger partial charge in [0.25, 0.3) is 0 Å². The van der Waals surface area contributed by atoms with Gasteiger partial charge in [0.1, 0.15) is 5.60 Å². The number of carboxylic acid groups (broad SMARTS) is 1. The number of hydrogen-bond acceptors (Lipinski definition) is 3. The number of esters is 1. The third-order valence-corrected chi connectivity index (χ3v) is 4.88. The maximum atomic E-state index is 11.9. The van der Waals surface area contributed by atoms with E-state index in [2.05, 4.69) is 22.8 Å². The molecule has 31 heavy (non-hydrogen) atoms. The van der Waals surface area contributed by atoms with Gasteiger partial charge in [-0.3, -0.25) is 9.59 Å². The highest BCUT2D eigenvalue weighted by molar-refractivity contribution is 5.70. The van der Waals surface area contributed by atoms with Gasteiger partial charge in [-0.15, -0.1) is 0 Å². The Morgan fingerprint density at radius 3 is 2.03 bits per heavy atom. The molecule has 162 valence electrons. The third kappa shape index (κ3) is 6.57. The number of carbonyl (C=O) groups is 2. The average Bonchev–Trinajstić information content (AvgIpc) is 3.20. The molecule has 0 aliphatic heterocycles. The van der Waals surface area contributed by atoms with Crippen molar-refractivity contribution in [2.24, 2.45) is 0 Å². The van der Waals surface area contributed by atoms with Gasteiger partial charge >= 0.3 is 11.9 Å². The molecule has 3 aromatic rings. The highest BCUT2D eigenvalue weighted by Crippen LogP contribution is 2.25. The van der Waals surface area contributed by atoms with Crippen molar-refractivity contribution in [3.63, 3.8) is 0 Å². The van der Waals surface area contributed by atoms with Crippen molar-refractivity contribution in [1.82, 2.24) is 4.57 Å². The molecule has 0 unspecified atom stereocenters. The summed E-state index contributed by atoms with van der Waals surface area (Å²) in [7, 11) is 0. The molecule has 0 atom stereocenters. The molecule has 2 aromatic carbocycles. The summed E-state index contributed by atoms with van der Waals surface area (Å²) in [6.07, 6.45) is 3.69. The van der Waals surface area contributed by atoms with E-state index in [1.165, 1.54) is 0 Å². The zero-order valence-corrected chi connectivity index (χ0v) is 18.3. The number of hydrogen-bond donors (Lipinski definition) is 1. The van der Waals surface area contributed by atoms with Crippen molar-refractivity contribution in [2.45, 2.75) is 52.1 Å². The van der Waals surface area contributed by atoms with Gasteiger partial charge in [-0.05, 0) is 74.6 Å². The number of aliphatic carboxylic acids is 1. The molecule has 1 aromatic heterocycles. The Hall–Kier alpha value is -3.34. The van der Waals surface area contributed by atoms with Gasteiger partial charge in [0.2, 0.25) is 0 Å². The molecule has 0 saturated carbocycles. The Labute approximate surface area is 183 Å². The highest BCUT2D eigenvalue weighted by atomic mass is 16.6. The third-order valence-electron chi connectivity index (χ3n) is 4.88. The second-order valence-corrected chi connectivity index (χ2v) is 8.61. The van der Waals surface area contributed by atoms with Crippen LogP contribution in [0.15, 0.2) is 66.9 Å². The zero-order valence-electron chi connectivity index (χ0n) is 18.3. The van der Waals surface area contributed by atoms with Crippen LogP contribution in [0.5, 0.6) is 0 Å². The molecular weight excluding hydrogens is 390 g/mol. The molecule has 0 saturated heterocycles. The van der Waals surface area contributed by atoms with E-state index in [1.54, 1.807) is 0 Å². The first-order valence-electron chi connectivity index (χ1n) is 10.5. The van der Waals surface area contributed by atoms with Gasteiger partial charge in [-0.1, -0.05) is 36.4 Å². The van der Waals surface area contributed by atoms with Gasteiger partial charge in [0, 0.05) is 24.7 Å². The Bertz CT molecular complexity index is 1020. The van der Waals surface area contributed by atoms with Crippen LogP contribution in [-0.4, -0.2) is 27.2 Å². The number of carbonyl (C=O) groups excluding carboxylic acids is 1. The Morgan fingerprint density at radius 1 is 0.871 bits per heavy atom. The number of benzene rings is 2. The van der Waals surface area contributed by atoms with Gasteiger partial charge in [0.05, 0.1) is 5.69 Å². The first-order chi connectivity index (χ1) is 14.7. The second kappa shape index (κ2) is 9.65. The molecule has 0 spiro atoms. The average molecular weight is 420 g/mol. The standard InChI is InChI=1S/C26H29NO4/c1-26(2,3)31-25(30)17-11-20-8-14-22(15-9-20)27-18-4-5-23(27)21-12-6-19(7-13-21)10-16-24(28)29/h4-9,12-15,18H,10-11,16-17H2,1-3H3,(H,28,29). The number of aryl methyl sites for hydroxylation is 2. The number of carboxylic acids is 1. The van der Waals surface area contributed by atoms with E-state index < -0.39 is 11.6 Å². The predicted molar refractivity (Wildman–Crippen MR) is 121 cm³/mol. The van der Waals surface area contributed by atoms with Crippen LogP contribution in [0.3, 0.4) is 0 Å². The molecule has 5 nitrogen and oxygen atoms in total. The summed E-state index contributed by atoms with van der Waals surface area (Å²) >= 11 is 0. The fraction of sp³-hybridized carbons (Fsp3) is 0.308. The van der Waals surface area contributed by atoms with Crippen LogP contribution in [0.25, 0.3) is 16.9 Å². The second-order valence-electron chi connectivity index (χ2n) is 8.61. The van der Waals surface area contributed by atoms with Crippen molar-refractivity contribution >= 4 is 11.9 Å². The Kier molecular flexibility index (Phi) is 6.95. The summed E-state index contributed by atoms with van der Waals surface area (Å²) < 4.78 is 7.48. The van der Waals surface area contributed by atoms with Crippen LogP contribution in [0.4, 0.5) is 0 Å². The lowest BCUT2D eigenvalue weighted by Gasteiger charge is -2.19. The molecule has 0 aliphatic carbocycles. The SMILES string of the molecule is CC(C)(C)OC(=O)CCc1ccc(-n2cccc2-c2ccc(CCC(=O)O)cc2)cc1. The van der Waals surface area contributed by atoms with Crippen molar-refractivity contribution in [3.05, 3.63) is 78.0 Å². The topological polar surface area (TPSA) is 68.5 Å². The Balaban J connectivity index is 1.67. The molecule has 0 aliphatic rings. The fourth-order valence-corrected chi connectivity index (χ4v) is 3.40. The summed E-state index contributed by atoms with van der Waals surface area (Å²) in [4.78, 5) is 22.7. The van der Waals surface area contributed by atoms with Crippen LogP contribution >= 0.6 is 0 Å². The van der Waals surface area contributed by atoms with Gasteiger partial charge < -0.3 is 14.4 Å². The Morgan fingerprint density at radius 2 is 1.45 bits per heavy atom. The zero-order chi connectivity index (χ0) is 22.4. The van der Waals surface area contributed by atoms with Crippen LogP contribution in [0, 0.1) is 0 Å². The van der Waals surface area contributed by atoms with E-state index in [0.717, 1.165) is 28.1 Å². The van der Waals surface area contributed by atoms with E-state index in [0.29, 0.717) is 19.3 Å². The summed E-state index contributed by atoms with van der Waals surface area (Å²) in [5, 5.41) is 8.84. The molecular formula is C26H29NO4. The summed E-state index contributed by atoms with van der Waals surface area (Å²) in [6, 6.07) is 20.3. The number of rotatable bonds is 8. The molecule has 0 amide bonds. The monoisotopic (exact) mass is 419 g/mol. The lowest BCUT2D eigenvalue weighted by Crippen LogP contribution is -2.24. The number of nitrogens with zero attached hydrogens (tertiary/aromatic N) is 1. The normalized spacial score (nSPS) is 11.3. The van der Waals surface area contributed by atoms with Crippen molar-refractivity contribution < 1.29 is 19.4 Å². The van der Waals surface area contributed by atoms with Crippen molar-refractivity contribution in [1.29, 1.82) is 0 Å². The molecule has 0 radical (unpaired) electrons. The maximum Gasteiger partial charge on any atom is 0.306 e. The van der Waals surface area contributed by atoms with Crippen molar-refractivity contribution in [2.75, 3.05) is 0 Å². The van der Waals surface area contributed by atoms with E-state index in [-0.39, 0.29) is 12.4 Å². The number of ether oxygens (including phenoxy) is 1. The minimum Gasteiger partial charge on any atom is -0.481 e. The van der Waals surface area contributed by atoms with E-state index in [4.69, 9.17) is 9.84 Å². The molecule has 0 bridgehead atoms. The quantitative estimate of drug-likeness (QED) is 0.494. The molecule has 1 heterocycles. The van der Waals surface area contributed by atoms with E-state index in [1.807, 2.05) is 69.4 Å². The van der Waals surface area contributed by atoms with Crippen LogP contribution in [0.2, 0.25) is 0 Å². The largest absolute Gasteiger partial charge is 0.481 e. The van der Waals surface area contributed by atoms with Crippen LogP contribution in [-0.2, 0) is 27.2 Å². The lowest BCUT2D eigenvalue weighted by atomic mass is 10.1. The molecule has 3 rings (SSSR count). The predicted octanol–water partition coefficient (Wildman–Crippen LogP) is 5.44. The van der Waals surface area contributed by atoms with E-state index >= 15 is 0 Å². The number of aromatic nitrogens is 1. The minimum atomic E-state index is -0.785. The summed E-state index contributed by atoms with van der Waals surface area (Å²) in [5.74, 6) is -0.969. The minimum absolute atomic E-state index is 0.135. The fourth-order valence-electron chi connectivity index (χ4n) is 3.40. The molecule has 0 fully saturated rings. The van der Waals surface area contributed by atoms with Crippen LogP contribution in [0.1, 0.15) is 44.7 Å². The van der Waals surface area contributed by atoms with Crippen LogP contribution < -0.4 is 0 Å². The molecule has 5 heteroatoms. The van der Waals surface area contributed by atoms with Gasteiger partial charge in [-0.2, -0.15) is 0 Å². The van der Waals surface area contributed by atoms with E-state index in [9.17, 15) is 9.59 Å². The van der Waals surface area contributed by atoms with Gasteiger partial charge in [-0.25, -0.2) is 0 Å². The first-order valence-corrected chi connectivity index (χ1v) is 10.5. The molecule has 1 N–H and O–H groups in total. The highest BCUT2D eigenvalue weighted by Gasteiger charge is 2.16. The summed E-state index contributed by atoms with van der Waals surface area (Å²) in [5.41, 5.74) is 4.81. The van der Waals surface area contributed by atoms with Gasteiger partial charge in [0.15, 0.2) is 0 Å². The lowest BCUT2D eigenvalue weighted by molar-refractivity contribution is -0.154. The maximum absolute atomic E-state index is 11.9. The van der Waals surface area contributed by atoms with Crippen molar-refractivity contribution in [3.8, 4) is 16.9 Å². The smallest absolute Gasteiger partial charge is 0.306 e. The summed E-state index contributed by atoms with van der Waals surface area (Å²) in [6.45, 7) is 5.62.